The highest BCUT2D eigenvalue weighted by atomic mass is 35.5. The van der Waals surface area contributed by atoms with E-state index >= 15 is 0 Å². The molecule has 1 spiro atoms. The molecule has 11 nitrogen and oxygen atoms in total. The van der Waals surface area contributed by atoms with Gasteiger partial charge in [0, 0.05) is 43.2 Å². The summed E-state index contributed by atoms with van der Waals surface area (Å²) in [5, 5.41) is 10.3. The van der Waals surface area contributed by atoms with Crippen molar-refractivity contribution in [2.24, 2.45) is 11.8 Å². The maximum Gasteiger partial charge on any atom is 0.490 e. The zero-order valence-electron chi connectivity index (χ0n) is 29.2. The summed E-state index contributed by atoms with van der Waals surface area (Å²) in [6, 6.07) is 11.0. The Bertz CT molecular complexity index is 1820. The average Bonchev–Trinajstić information content (AvgIpc) is 3.20. The normalized spacial score (nSPS) is 27.4. The monoisotopic (exact) mass is 768 g/mol. The first kappa shape index (κ1) is 39.2. The lowest BCUT2D eigenvalue weighted by Gasteiger charge is -2.46. The molecule has 1 saturated carbocycles. The van der Waals surface area contributed by atoms with Gasteiger partial charge < -0.3 is 25.0 Å². The summed E-state index contributed by atoms with van der Waals surface area (Å²) in [7, 11) is -0.445. The van der Waals surface area contributed by atoms with Gasteiger partial charge >= 0.3 is 18.2 Å². The standard InChI is InChI=1S/C34H43ClN4O5S.C2HF3O2/c1-22-7-4-5-9-29(36-33(41)38(2)3)27-13-10-25(27)19-39-20-34(16-6-8-23-17-26(35)12-14-28(23)34)21-44-31-15-11-24(18-30(31)39)32(40)37-45(22,42)43;3-2(4,5)1(6)7/h5,9,11-12,14-15,17-18,22,25,27,29H,4,6-8,10,13,16,19-21H2,1-3H3,(H,36,41)(H,37,40);(H,6,7)/b9-5+;/t22-,25+,27-,29+,34+;/m1./s1. The number of nitrogens with one attached hydrogen (secondary N) is 2. The molecule has 0 radical (unpaired) electrons. The summed E-state index contributed by atoms with van der Waals surface area (Å²) in [4.78, 5) is 38.9. The number of alkyl halides is 3. The van der Waals surface area contributed by atoms with Crippen molar-refractivity contribution in [2.75, 3.05) is 38.7 Å². The zero-order valence-corrected chi connectivity index (χ0v) is 30.8. The van der Waals surface area contributed by atoms with Gasteiger partial charge in [-0.2, -0.15) is 13.2 Å². The Morgan fingerprint density at radius 3 is 2.52 bits per heavy atom. The molecule has 2 bridgehead atoms. The molecule has 6 rings (SSSR count). The lowest BCUT2D eigenvalue weighted by molar-refractivity contribution is -0.192. The van der Waals surface area contributed by atoms with E-state index in [1.165, 1.54) is 16.0 Å². The van der Waals surface area contributed by atoms with Gasteiger partial charge in [-0.25, -0.2) is 22.7 Å². The molecule has 284 valence electrons. The van der Waals surface area contributed by atoms with Crippen LogP contribution in [0.15, 0.2) is 48.6 Å². The van der Waals surface area contributed by atoms with Gasteiger partial charge in [0.1, 0.15) is 5.75 Å². The number of anilines is 1. The number of allylic oxidation sites excluding steroid dienone is 1. The number of fused-ring (bicyclic) bond motifs is 4. The van der Waals surface area contributed by atoms with Gasteiger partial charge in [0.2, 0.25) is 10.0 Å². The summed E-state index contributed by atoms with van der Waals surface area (Å²) in [6.45, 7) is 3.50. The molecule has 3 N–H and O–H groups in total. The second kappa shape index (κ2) is 15.6. The molecule has 2 aliphatic heterocycles. The lowest BCUT2D eigenvalue weighted by Crippen LogP contribution is -2.53. The average molecular weight is 769 g/mol. The molecule has 0 saturated heterocycles. The Balaban J connectivity index is 0.000000679. The highest BCUT2D eigenvalue weighted by Gasteiger charge is 2.45. The van der Waals surface area contributed by atoms with E-state index in [1.54, 1.807) is 39.2 Å². The zero-order chi connectivity index (χ0) is 38.0. The molecule has 2 aliphatic carbocycles. The first-order valence-corrected chi connectivity index (χ1v) is 19.1. The number of ether oxygens (including phenoxy) is 1. The van der Waals surface area contributed by atoms with Gasteiger partial charge in [0.15, 0.2) is 0 Å². The van der Waals surface area contributed by atoms with E-state index in [2.05, 4.69) is 27.1 Å². The number of carboxylic acids is 1. The number of rotatable bonds is 1. The number of carbonyl (C=O) groups excluding carboxylic acids is 2. The van der Waals surface area contributed by atoms with E-state index in [0.29, 0.717) is 44.2 Å². The predicted octanol–water partition coefficient (Wildman–Crippen LogP) is 5.91. The number of hydrogen-bond donors (Lipinski definition) is 3. The SMILES string of the molecule is C[C@@H]1CC/C=C/[C@H](NC(=O)N(C)C)[C@@H]2CC[C@H]2CN2C[C@@]3(CCCc4cc(Cl)ccc43)COc3ccc(cc32)C(=O)NS1(=O)=O.O=C(O)C(F)(F)F. The number of nitrogens with zero attached hydrogens (tertiary/aromatic N) is 2. The third kappa shape index (κ3) is 8.79. The van der Waals surface area contributed by atoms with Crippen LogP contribution in [0.4, 0.5) is 23.7 Å². The minimum Gasteiger partial charge on any atom is -0.490 e. The third-order valence-corrected chi connectivity index (χ3v) is 12.5. The number of halogens is 4. The van der Waals surface area contributed by atoms with Crippen LogP contribution in [0.1, 0.15) is 66.9 Å². The Morgan fingerprint density at radius 2 is 1.87 bits per heavy atom. The van der Waals surface area contributed by atoms with Crippen molar-refractivity contribution in [1.29, 1.82) is 0 Å². The molecular formula is C36H44ClF3N4O7S. The maximum atomic E-state index is 13.3. The highest BCUT2D eigenvalue weighted by molar-refractivity contribution is 7.90. The molecule has 2 aromatic rings. The number of carboxylic acid groups (broad SMARTS) is 1. The second-order valence-corrected chi connectivity index (χ2v) is 16.8. The van der Waals surface area contributed by atoms with E-state index in [-0.39, 0.29) is 29.0 Å². The number of benzene rings is 2. The van der Waals surface area contributed by atoms with Crippen molar-refractivity contribution in [3.05, 3.63) is 70.3 Å². The molecule has 16 heteroatoms. The number of carbonyl (C=O) groups is 3. The van der Waals surface area contributed by atoms with E-state index in [4.69, 9.17) is 26.2 Å². The van der Waals surface area contributed by atoms with Crippen molar-refractivity contribution in [3.63, 3.8) is 0 Å². The summed E-state index contributed by atoms with van der Waals surface area (Å²) in [6.07, 6.45) is 4.70. The topological polar surface area (TPSA) is 145 Å². The molecule has 52 heavy (non-hydrogen) atoms. The maximum absolute atomic E-state index is 13.3. The summed E-state index contributed by atoms with van der Waals surface area (Å²) >= 11 is 6.42. The van der Waals surface area contributed by atoms with Crippen LogP contribution in [-0.2, 0) is 26.7 Å². The van der Waals surface area contributed by atoms with E-state index in [1.807, 2.05) is 18.2 Å². The summed E-state index contributed by atoms with van der Waals surface area (Å²) in [5.74, 6) is -2.21. The minimum absolute atomic E-state index is 0.155. The molecule has 3 amide bonds. The Labute approximate surface area is 306 Å². The number of urea groups is 1. The number of amides is 3. The Hall–Kier alpha value is -3.98. The molecule has 5 atom stereocenters. The fraction of sp³-hybridized carbons (Fsp3) is 0.528. The second-order valence-electron chi connectivity index (χ2n) is 14.3. The Kier molecular flexibility index (Phi) is 11.7. The number of aliphatic carboxylic acids is 1. The van der Waals surface area contributed by atoms with E-state index in [9.17, 15) is 31.2 Å². The van der Waals surface area contributed by atoms with Crippen LogP contribution in [0, 0.1) is 11.8 Å². The molecule has 1 fully saturated rings. The van der Waals surface area contributed by atoms with Crippen LogP contribution in [0.2, 0.25) is 5.02 Å². The van der Waals surface area contributed by atoms with Crippen LogP contribution >= 0.6 is 11.6 Å². The summed E-state index contributed by atoms with van der Waals surface area (Å²) in [5.41, 5.74) is 3.28. The molecule has 4 aliphatic rings. The quantitative estimate of drug-likeness (QED) is 0.304. The van der Waals surface area contributed by atoms with Gasteiger partial charge in [-0.05, 0) is 105 Å². The van der Waals surface area contributed by atoms with E-state index < -0.39 is 33.3 Å². The smallest absolute Gasteiger partial charge is 0.490 e. The molecule has 0 aromatic heterocycles. The first-order valence-electron chi connectivity index (χ1n) is 17.2. The van der Waals surface area contributed by atoms with Gasteiger partial charge in [-0.3, -0.25) is 4.79 Å². The summed E-state index contributed by atoms with van der Waals surface area (Å²) < 4.78 is 66.9. The van der Waals surface area contributed by atoms with Gasteiger partial charge in [-0.15, -0.1) is 0 Å². The largest absolute Gasteiger partial charge is 0.490 e. The van der Waals surface area contributed by atoms with E-state index in [0.717, 1.165) is 42.8 Å². The molecule has 2 aromatic carbocycles. The van der Waals surface area contributed by atoms with Crippen LogP contribution in [0.5, 0.6) is 5.75 Å². The van der Waals surface area contributed by atoms with Crippen LogP contribution in [-0.4, -0.2) is 87.6 Å². The Morgan fingerprint density at radius 1 is 1.13 bits per heavy atom. The molecule has 2 heterocycles. The number of sulfonamides is 1. The lowest BCUT2D eigenvalue weighted by atomic mass is 9.68. The molecule has 0 unspecified atom stereocenters. The third-order valence-electron chi connectivity index (χ3n) is 10.5. The first-order chi connectivity index (χ1) is 24.4. The van der Waals surface area contributed by atoms with Gasteiger partial charge in [0.05, 0.1) is 23.6 Å². The highest BCUT2D eigenvalue weighted by Crippen LogP contribution is 2.47. The van der Waals surface area contributed by atoms with Crippen LogP contribution in [0.25, 0.3) is 0 Å². The van der Waals surface area contributed by atoms with Crippen LogP contribution in [0.3, 0.4) is 0 Å². The molecular weight excluding hydrogens is 725 g/mol. The van der Waals surface area contributed by atoms with Crippen molar-refractivity contribution in [3.8, 4) is 5.75 Å². The van der Waals surface area contributed by atoms with Gasteiger partial charge in [-0.1, -0.05) is 29.8 Å². The van der Waals surface area contributed by atoms with Crippen molar-refractivity contribution >= 4 is 45.2 Å². The number of hydrogen-bond acceptors (Lipinski definition) is 7. The van der Waals surface area contributed by atoms with Crippen molar-refractivity contribution in [2.45, 2.75) is 74.8 Å². The number of aryl methyl sites for hydroxylation is 1. The predicted molar refractivity (Wildman–Crippen MR) is 190 cm³/mol. The minimum atomic E-state index is -5.08. The van der Waals surface area contributed by atoms with Crippen molar-refractivity contribution in [1.82, 2.24) is 14.9 Å². The van der Waals surface area contributed by atoms with Crippen LogP contribution < -0.4 is 19.7 Å². The fourth-order valence-electron chi connectivity index (χ4n) is 7.42. The van der Waals surface area contributed by atoms with Gasteiger partial charge in [0.25, 0.3) is 5.91 Å². The van der Waals surface area contributed by atoms with Crippen molar-refractivity contribution < 1.29 is 45.8 Å². The fourth-order valence-corrected chi connectivity index (χ4v) is 8.64.